The van der Waals surface area contributed by atoms with Crippen LogP contribution in [-0.2, 0) is 21.4 Å². The van der Waals surface area contributed by atoms with Crippen LogP contribution in [0.2, 0.25) is 0 Å². The van der Waals surface area contributed by atoms with Crippen molar-refractivity contribution in [2.75, 3.05) is 26.0 Å². The molecule has 1 aliphatic rings. The van der Waals surface area contributed by atoms with Gasteiger partial charge in [-0.05, 0) is 50.1 Å². The molecule has 1 saturated heterocycles. The molecule has 156 valence electrons. The minimum absolute atomic E-state index is 0.139. The third-order valence-corrected chi connectivity index (χ3v) is 6.09. The van der Waals surface area contributed by atoms with Gasteiger partial charge in [0.05, 0.1) is 0 Å². The lowest BCUT2D eigenvalue weighted by atomic mass is 9.74. The second-order valence-corrected chi connectivity index (χ2v) is 8.11. The molecule has 0 radical (unpaired) electrons. The molecule has 1 fully saturated rings. The van der Waals surface area contributed by atoms with Crippen LogP contribution in [0.4, 0.5) is 4.39 Å². The fourth-order valence-corrected chi connectivity index (χ4v) is 4.14. The number of amides is 1. The van der Waals surface area contributed by atoms with Crippen LogP contribution in [0.1, 0.15) is 36.1 Å². The number of aromatic amines is 1. The summed E-state index contributed by atoms with van der Waals surface area (Å²) in [5.41, 5.74) is 1.52. The van der Waals surface area contributed by atoms with Crippen molar-refractivity contribution in [3.63, 3.8) is 0 Å². The number of halogens is 1. The number of thioether (sulfide) groups is 1. The minimum Gasteiger partial charge on any atom is -0.381 e. The Morgan fingerprint density at radius 2 is 2.14 bits per heavy atom. The molecule has 2 N–H and O–H groups in total. The molecule has 8 heteroatoms. The van der Waals surface area contributed by atoms with Crippen LogP contribution in [0.25, 0.3) is 0 Å². The highest BCUT2D eigenvalue weighted by Gasteiger charge is 2.35. The summed E-state index contributed by atoms with van der Waals surface area (Å²) >= 11 is 1.37. The number of benzene rings is 1. The minimum atomic E-state index is -0.342. The van der Waals surface area contributed by atoms with Crippen molar-refractivity contribution < 1.29 is 13.9 Å². The van der Waals surface area contributed by atoms with E-state index in [-0.39, 0.29) is 29.1 Å². The SMILES string of the molecule is CSc1nc(C)c(CCC(=O)NCC2(c3cccc(F)c3)CCOCC2)c(=O)[nH]1. The molecule has 0 atom stereocenters. The largest absolute Gasteiger partial charge is 0.381 e. The van der Waals surface area contributed by atoms with E-state index >= 15 is 0 Å². The van der Waals surface area contributed by atoms with E-state index in [4.69, 9.17) is 4.74 Å². The summed E-state index contributed by atoms with van der Waals surface area (Å²) < 4.78 is 19.3. The maximum atomic E-state index is 13.8. The molecule has 0 bridgehead atoms. The average molecular weight is 420 g/mol. The van der Waals surface area contributed by atoms with Gasteiger partial charge >= 0.3 is 0 Å². The number of hydrogen-bond acceptors (Lipinski definition) is 5. The van der Waals surface area contributed by atoms with Gasteiger partial charge < -0.3 is 15.0 Å². The fourth-order valence-electron chi connectivity index (χ4n) is 3.72. The van der Waals surface area contributed by atoms with Crippen LogP contribution in [0.3, 0.4) is 0 Å². The van der Waals surface area contributed by atoms with Crippen molar-refractivity contribution in [2.24, 2.45) is 0 Å². The molecule has 2 aromatic rings. The Labute approximate surface area is 173 Å². The van der Waals surface area contributed by atoms with Crippen molar-refractivity contribution >= 4 is 17.7 Å². The number of carbonyl (C=O) groups is 1. The number of nitrogens with one attached hydrogen (secondary N) is 2. The van der Waals surface area contributed by atoms with E-state index in [2.05, 4.69) is 15.3 Å². The van der Waals surface area contributed by atoms with Gasteiger partial charge in [0.2, 0.25) is 5.91 Å². The van der Waals surface area contributed by atoms with Crippen LogP contribution in [0, 0.1) is 12.7 Å². The second kappa shape index (κ2) is 9.54. The van der Waals surface area contributed by atoms with Crippen molar-refractivity contribution in [2.45, 2.75) is 43.2 Å². The number of carbonyl (C=O) groups excluding carboxylic acids is 1. The molecule has 1 aromatic carbocycles. The third-order valence-electron chi connectivity index (χ3n) is 5.51. The molecule has 0 saturated carbocycles. The van der Waals surface area contributed by atoms with E-state index in [1.807, 2.05) is 12.3 Å². The molecule has 1 aliphatic heterocycles. The van der Waals surface area contributed by atoms with Gasteiger partial charge in [-0.15, -0.1) is 0 Å². The number of ether oxygens (including phenoxy) is 1. The molecule has 0 spiro atoms. The quantitative estimate of drug-likeness (QED) is 0.533. The summed E-state index contributed by atoms with van der Waals surface area (Å²) in [5, 5.41) is 3.56. The molecule has 3 rings (SSSR count). The van der Waals surface area contributed by atoms with E-state index in [1.165, 1.54) is 17.8 Å². The van der Waals surface area contributed by atoms with Crippen LogP contribution < -0.4 is 10.9 Å². The Hall–Kier alpha value is -2.19. The molecule has 2 heterocycles. The molecule has 0 aliphatic carbocycles. The summed E-state index contributed by atoms with van der Waals surface area (Å²) in [7, 11) is 0. The summed E-state index contributed by atoms with van der Waals surface area (Å²) in [6.07, 6.45) is 3.80. The smallest absolute Gasteiger partial charge is 0.254 e. The van der Waals surface area contributed by atoms with E-state index in [9.17, 15) is 14.0 Å². The molecular weight excluding hydrogens is 393 g/mol. The zero-order valence-electron chi connectivity index (χ0n) is 16.7. The van der Waals surface area contributed by atoms with Gasteiger partial charge in [-0.1, -0.05) is 23.9 Å². The van der Waals surface area contributed by atoms with Gasteiger partial charge in [0.25, 0.3) is 5.56 Å². The molecule has 29 heavy (non-hydrogen) atoms. The normalized spacial score (nSPS) is 15.8. The maximum absolute atomic E-state index is 13.8. The Morgan fingerprint density at radius 1 is 1.38 bits per heavy atom. The number of rotatable bonds is 7. The first-order valence-corrected chi connectivity index (χ1v) is 10.9. The van der Waals surface area contributed by atoms with Crippen molar-refractivity contribution in [3.8, 4) is 0 Å². The predicted octanol–water partition coefficient (Wildman–Crippen LogP) is 2.74. The molecular formula is C21H26FN3O3S. The van der Waals surface area contributed by atoms with Crippen LogP contribution in [0.5, 0.6) is 0 Å². The number of H-pyrrole nitrogens is 1. The first-order chi connectivity index (χ1) is 13.9. The van der Waals surface area contributed by atoms with Gasteiger partial charge in [-0.2, -0.15) is 0 Å². The van der Waals surface area contributed by atoms with Crippen LogP contribution >= 0.6 is 11.8 Å². The van der Waals surface area contributed by atoms with Gasteiger partial charge in [-0.25, -0.2) is 9.37 Å². The van der Waals surface area contributed by atoms with Crippen molar-refractivity contribution in [3.05, 3.63) is 57.3 Å². The predicted molar refractivity (Wildman–Crippen MR) is 111 cm³/mol. The standard InChI is InChI=1S/C21H26FN3O3S/c1-14-17(19(27)25-20(24-14)29-2)6-7-18(26)23-13-21(8-10-28-11-9-21)15-4-3-5-16(22)12-15/h3-5,12H,6-11,13H2,1-2H3,(H,23,26)(H,24,25,27). The zero-order chi connectivity index (χ0) is 20.9. The Bertz CT molecular complexity index is 926. The highest BCUT2D eigenvalue weighted by molar-refractivity contribution is 7.98. The first kappa shape index (κ1) is 21.5. The highest BCUT2D eigenvalue weighted by atomic mass is 32.2. The first-order valence-electron chi connectivity index (χ1n) is 9.68. The van der Waals surface area contributed by atoms with Crippen molar-refractivity contribution in [1.82, 2.24) is 15.3 Å². The topological polar surface area (TPSA) is 84.1 Å². The molecule has 1 aromatic heterocycles. The van der Waals surface area contributed by atoms with Gasteiger partial charge in [0, 0.05) is 42.9 Å². The fraction of sp³-hybridized carbons (Fsp3) is 0.476. The van der Waals surface area contributed by atoms with Gasteiger partial charge in [-0.3, -0.25) is 9.59 Å². The van der Waals surface area contributed by atoms with E-state index in [0.717, 1.165) is 18.4 Å². The summed E-state index contributed by atoms with van der Waals surface area (Å²) in [5.74, 6) is -0.421. The number of nitrogens with zero attached hydrogens (tertiary/aromatic N) is 1. The average Bonchev–Trinajstić information content (AvgIpc) is 2.72. The monoisotopic (exact) mass is 419 g/mol. The zero-order valence-corrected chi connectivity index (χ0v) is 17.5. The van der Waals surface area contributed by atoms with Gasteiger partial charge in [0.15, 0.2) is 5.16 Å². The Balaban J connectivity index is 1.65. The number of aromatic nitrogens is 2. The Kier molecular flexibility index (Phi) is 7.08. The highest BCUT2D eigenvalue weighted by Crippen LogP contribution is 2.34. The van der Waals surface area contributed by atoms with E-state index in [1.54, 1.807) is 19.1 Å². The number of hydrogen-bond donors (Lipinski definition) is 2. The number of aryl methyl sites for hydroxylation is 1. The second-order valence-electron chi connectivity index (χ2n) is 7.32. The molecule has 0 unspecified atom stereocenters. The summed E-state index contributed by atoms with van der Waals surface area (Å²) in [6, 6.07) is 6.57. The summed E-state index contributed by atoms with van der Waals surface area (Å²) in [6.45, 7) is 3.35. The van der Waals surface area contributed by atoms with Crippen LogP contribution in [0.15, 0.2) is 34.2 Å². The molecule has 6 nitrogen and oxygen atoms in total. The van der Waals surface area contributed by atoms with Gasteiger partial charge in [0.1, 0.15) is 5.82 Å². The summed E-state index contributed by atoms with van der Waals surface area (Å²) in [4.78, 5) is 31.8. The lowest BCUT2D eigenvalue weighted by molar-refractivity contribution is -0.121. The van der Waals surface area contributed by atoms with Crippen molar-refractivity contribution in [1.29, 1.82) is 0 Å². The lowest BCUT2D eigenvalue weighted by Gasteiger charge is -2.38. The third kappa shape index (κ3) is 5.25. The van der Waals surface area contributed by atoms with Crippen LogP contribution in [-0.4, -0.2) is 41.9 Å². The van der Waals surface area contributed by atoms with E-state index < -0.39 is 0 Å². The molecule has 1 amide bonds. The van der Waals surface area contributed by atoms with E-state index in [0.29, 0.717) is 42.6 Å². The Morgan fingerprint density at radius 3 is 2.79 bits per heavy atom. The maximum Gasteiger partial charge on any atom is 0.254 e. The lowest BCUT2D eigenvalue weighted by Crippen LogP contribution is -2.44.